The van der Waals surface area contributed by atoms with Gasteiger partial charge in [0.15, 0.2) is 0 Å². The van der Waals surface area contributed by atoms with Gasteiger partial charge in [0.1, 0.15) is 23.9 Å². The van der Waals surface area contributed by atoms with Gasteiger partial charge >= 0.3 is 0 Å². The van der Waals surface area contributed by atoms with Crippen LogP contribution in [0.5, 0.6) is 5.75 Å². The van der Waals surface area contributed by atoms with Crippen molar-refractivity contribution < 1.29 is 4.74 Å². The molecule has 1 aliphatic heterocycles. The molecule has 5 rings (SSSR count). The van der Waals surface area contributed by atoms with E-state index in [1.807, 2.05) is 41.1 Å². The number of halogens is 1. The quantitative estimate of drug-likeness (QED) is 0.384. The summed E-state index contributed by atoms with van der Waals surface area (Å²) < 4.78 is 8.74. The maximum atomic E-state index is 6.20. The molecule has 0 fully saturated rings. The largest absolute Gasteiger partial charge is 0.489 e. The zero-order valence-electron chi connectivity index (χ0n) is 16.5. The van der Waals surface area contributed by atoms with Crippen molar-refractivity contribution in [2.45, 2.75) is 25.9 Å². The SMILES string of the molecule is Clc1ccc(-c2nn(-c3ccc(OCc4ccccc4)cc3)c3c2CCCCN3)s1. The van der Waals surface area contributed by atoms with Crippen LogP contribution in [0.15, 0.2) is 66.7 Å². The van der Waals surface area contributed by atoms with Gasteiger partial charge < -0.3 is 10.1 Å². The number of fused-ring (bicyclic) bond motifs is 1. The second-order valence-corrected chi connectivity index (χ2v) is 9.06. The van der Waals surface area contributed by atoms with Crippen LogP contribution in [0.1, 0.15) is 24.0 Å². The third kappa shape index (κ3) is 3.95. The second kappa shape index (κ2) is 8.54. The Hall–Kier alpha value is -2.76. The van der Waals surface area contributed by atoms with Crippen molar-refractivity contribution in [2.75, 3.05) is 11.9 Å². The molecule has 0 saturated heterocycles. The first-order chi connectivity index (χ1) is 14.8. The molecule has 0 aliphatic carbocycles. The van der Waals surface area contributed by atoms with Gasteiger partial charge in [-0.2, -0.15) is 5.10 Å². The van der Waals surface area contributed by atoms with Crippen molar-refractivity contribution in [3.8, 4) is 22.0 Å². The van der Waals surface area contributed by atoms with Crippen molar-refractivity contribution in [2.24, 2.45) is 0 Å². The van der Waals surface area contributed by atoms with E-state index >= 15 is 0 Å². The topological polar surface area (TPSA) is 39.1 Å². The average molecular weight is 436 g/mol. The van der Waals surface area contributed by atoms with Crippen LogP contribution < -0.4 is 10.1 Å². The first-order valence-electron chi connectivity index (χ1n) is 10.2. The highest BCUT2D eigenvalue weighted by Gasteiger charge is 2.22. The Morgan fingerprint density at radius 1 is 1.00 bits per heavy atom. The maximum Gasteiger partial charge on any atom is 0.133 e. The summed E-state index contributed by atoms with van der Waals surface area (Å²) in [7, 11) is 0. The van der Waals surface area contributed by atoms with Crippen LogP contribution in [0.2, 0.25) is 4.34 Å². The molecule has 0 amide bonds. The number of ether oxygens (including phenoxy) is 1. The number of nitrogens with one attached hydrogen (secondary N) is 1. The lowest BCUT2D eigenvalue weighted by molar-refractivity contribution is 0.306. The molecule has 0 unspecified atom stereocenters. The fourth-order valence-corrected chi connectivity index (χ4v) is 4.81. The monoisotopic (exact) mass is 435 g/mol. The zero-order valence-corrected chi connectivity index (χ0v) is 18.0. The van der Waals surface area contributed by atoms with E-state index in [9.17, 15) is 0 Å². The summed E-state index contributed by atoms with van der Waals surface area (Å²) in [5, 5.41) is 8.57. The molecule has 152 valence electrons. The van der Waals surface area contributed by atoms with Gasteiger partial charge in [-0.05, 0) is 61.2 Å². The molecule has 0 radical (unpaired) electrons. The Bertz CT molecular complexity index is 1140. The highest BCUT2D eigenvalue weighted by atomic mass is 35.5. The molecule has 30 heavy (non-hydrogen) atoms. The summed E-state index contributed by atoms with van der Waals surface area (Å²) in [5.74, 6) is 1.93. The van der Waals surface area contributed by atoms with Gasteiger partial charge in [0.25, 0.3) is 0 Å². The summed E-state index contributed by atoms with van der Waals surface area (Å²) in [4.78, 5) is 1.11. The number of hydrogen-bond acceptors (Lipinski definition) is 4. The first kappa shape index (κ1) is 19.2. The summed E-state index contributed by atoms with van der Waals surface area (Å²) in [6.45, 7) is 1.52. The Kier molecular flexibility index (Phi) is 5.47. The minimum absolute atomic E-state index is 0.558. The number of rotatable bonds is 5. The molecule has 4 aromatic rings. The van der Waals surface area contributed by atoms with Crippen molar-refractivity contribution >= 4 is 28.8 Å². The van der Waals surface area contributed by atoms with Crippen LogP contribution in [0.3, 0.4) is 0 Å². The van der Waals surface area contributed by atoms with E-state index in [0.29, 0.717) is 6.61 Å². The van der Waals surface area contributed by atoms with Gasteiger partial charge in [-0.1, -0.05) is 41.9 Å². The molecular formula is C24H22ClN3OS. The van der Waals surface area contributed by atoms with E-state index in [-0.39, 0.29) is 0 Å². The highest BCUT2D eigenvalue weighted by Crippen LogP contribution is 2.38. The summed E-state index contributed by atoms with van der Waals surface area (Å²) in [6, 6.07) is 22.3. The minimum Gasteiger partial charge on any atom is -0.489 e. The zero-order chi connectivity index (χ0) is 20.3. The van der Waals surface area contributed by atoms with Crippen LogP contribution in [-0.4, -0.2) is 16.3 Å². The van der Waals surface area contributed by atoms with Crippen LogP contribution in [0, 0.1) is 0 Å². The number of thiophene rings is 1. The molecule has 0 atom stereocenters. The van der Waals surface area contributed by atoms with Crippen molar-refractivity contribution in [3.63, 3.8) is 0 Å². The fourth-order valence-electron chi connectivity index (χ4n) is 3.75. The number of aromatic nitrogens is 2. The molecule has 4 nitrogen and oxygen atoms in total. The fraction of sp³-hybridized carbons (Fsp3) is 0.208. The van der Waals surface area contributed by atoms with E-state index < -0.39 is 0 Å². The molecule has 1 N–H and O–H groups in total. The highest BCUT2D eigenvalue weighted by molar-refractivity contribution is 7.19. The normalized spacial score (nSPS) is 13.4. The molecule has 6 heteroatoms. The van der Waals surface area contributed by atoms with E-state index in [4.69, 9.17) is 21.4 Å². The Labute approximate surface area is 185 Å². The third-order valence-corrected chi connectivity index (χ3v) is 6.50. The van der Waals surface area contributed by atoms with Gasteiger partial charge in [-0.3, -0.25) is 0 Å². The molecule has 1 aliphatic rings. The standard InChI is InChI=1S/C24H22ClN3OS/c25-22-14-13-21(30-22)23-20-8-4-5-15-26-24(20)28(27-23)18-9-11-19(12-10-18)29-16-17-6-2-1-3-7-17/h1-3,6-7,9-14,26H,4-5,8,15-16H2. The van der Waals surface area contributed by atoms with Gasteiger partial charge in [-0.15, -0.1) is 11.3 Å². The summed E-state index contributed by atoms with van der Waals surface area (Å²) in [5.41, 5.74) is 4.47. The number of anilines is 1. The molecule has 0 spiro atoms. The number of benzene rings is 2. The average Bonchev–Trinajstić information content (AvgIpc) is 3.28. The Morgan fingerprint density at radius 2 is 1.83 bits per heavy atom. The summed E-state index contributed by atoms with van der Waals surface area (Å²) >= 11 is 7.77. The molecule has 2 aromatic carbocycles. The third-order valence-electron chi connectivity index (χ3n) is 5.27. The molecular weight excluding hydrogens is 414 g/mol. The maximum absolute atomic E-state index is 6.20. The van der Waals surface area contributed by atoms with Crippen LogP contribution in [0.25, 0.3) is 16.3 Å². The lowest BCUT2D eigenvalue weighted by Gasteiger charge is -2.11. The Balaban J connectivity index is 1.44. The molecule has 3 heterocycles. The lowest BCUT2D eigenvalue weighted by atomic mass is 10.1. The molecule has 2 aromatic heterocycles. The number of nitrogens with zero attached hydrogens (tertiary/aromatic N) is 2. The van der Waals surface area contributed by atoms with Gasteiger partial charge in [0.05, 0.1) is 14.9 Å². The van der Waals surface area contributed by atoms with Crippen LogP contribution in [0.4, 0.5) is 5.82 Å². The van der Waals surface area contributed by atoms with Crippen LogP contribution in [-0.2, 0) is 13.0 Å². The van der Waals surface area contributed by atoms with E-state index in [1.54, 1.807) is 11.3 Å². The number of hydrogen-bond donors (Lipinski definition) is 1. The van der Waals surface area contributed by atoms with Crippen LogP contribution >= 0.6 is 22.9 Å². The van der Waals surface area contributed by atoms with E-state index in [0.717, 1.165) is 63.5 Å². The van der Waals surface area contributed by atoms with Gasteiger partial charge in [0, 0.05) is 12.1 Å². The van der Waals surface area contributed by atoms with Crippen molar-refractivity contribution in [1.29, 1.82) is 0 Å². The molecule has 0 bridgehead atoms. The lowest BCUT2D eigenvalue weighted by Crippen LogP contribution is -2.07. The van der Waals surface area contributed by atoms with Crippen molar-refractivity contribution in [1.82, 2.24) is 9.78 Å². The predicted octanol–water partition coefficient (Wildman–Crippen LogP) is 6.58. The first-order valence-corrected chi connectivity index (χ1v) is 11.4. The van der Waals surface area contributed by atoms with Crippen molar-refractivity contribution in [3.05, 3.63) is 82.2 Å². The van der Waals surface area contributed by atoms with E-state index in [2.05, 4.69) is 35.6 Å². The molecule has 0 saturated carbocycles. The minimum atomic E-state index is 0.558. The second-order valence-electron chi connectivity index (χ2n) is 7.34. The van der Waals surface area contributed by atoms with E-state index in [1.165, 1.54) is 5.56 Å². The Morgan fingerprint density at radius 3 is 2.60 bits per heavy atom. The predicted molar refractivity (Wildman–Crippen MR) is 124 cm³/mol. The smallest absolute Gasteiger partial charge is 0.133 e. The summed E-state index contributed by atoms with van der Waals surface area (Å²) in [6.07, 6.45) is 3.33. The van der Waals surface area contributed by atoms with Gasteiger partial charge in [0.2, 0.25) is 0 Å². The van der Waals surface area contributed by atoms with Gasteiger partial charge in [-0.25, -0.2) is 4.68 Å².